The fourth-order valence-corrected chi connectivity index (χ4v) is 5.44. The summed E-state index contributed by atoms with van der Waals surface area (Å²) < 4.78 is 38.6. The lowest BCUT2D eigenvalue weighted by Gasteiger charge is -2.33. The maximum Gasteiger partial charge on any atom is 0.471 e. The van der Waals surface area contributed by atoms with Crippen LogP contribution < -0.4 is 10.6 Å². The van der Waals surface area contributed by atoms with Gasteiger partial charge in [0.05, 0.1) is 11.6 Å². The van der Waals surface area contributed by atoms with Gasteiger partial charge in [-0.1, -0.05) is 27.2 Å². The van der Waals surface area contributed by atoms with Crippen LogP contribution >= 0.6 is 0 Å². The number of alkyl halides is 3. The molecule has 5 atom stereocenters. The Balaban J connectivity index is 1.59. The minimum Gasteiger partial charge on any atom is -0.336 e. The number of carbonyl (C=O) groups excluding carboxylic acids is 3. The summed E-state index contributed by atoms with van der Waals surface area (Å²) >= 11 is 0. The van der Waals surface area contributed by atoms with Gasteiger partial charge in [-0.05, 0) is 35.8 Å². The smallest absolute Gasteiger partial charge is 0.336 e. The molecule has 37 heavy (non-hydrogen) atoms. The van der Waals surface area contributed by atoms with E-state index in [1.807, 2.05) is 19.9 Å². The van der Waals surface area contributed by atoms with Crippen LogP contribution in [0.3, 0.4) is 0 Å². The predicted molar refractivity (Wildman–Crippen MR) is 125 cm³/mol. The van der Waals surface area contributed by atoms with Crippen molar-refractivity contribution in [3.8, 4) is 6.07 Å². The number of halogens is 3. The van der Waals surface area contributed by atoms with Crippen LogP contribution in [0, 0.1) is 28.6 Å². The van der Waals surface area contributed by atoms with Crippen molar-refractivity contribution in [2.75, 3.05) is 6.54 Å². The lowest BCUT2D eigenvalue weighted by Crippen LogP contribution is -2.57. The van der Waals surface area contributed by atoms with E-state index in [9.17, 15) is 32.8 Å². The Bertz CT molecular complexity index is 1270. The first-order valence-corrected chi connectivity index (χ1v) is 12.0. The average molecular weight is 517 g/mol. The number of hydrogen-bond donors (Lipinski definition) is 2. The molecule has 2 aromatic heterocycles. The summed E-state index contributed by atoms with van der Waals surface area (Å²) in [6.07, 6.45) is -0.235. The Morgan fingerprint density at radius 3 is 2.65 bits per heavy atom. The zero-order chi connectivity index (χ0) is 27.1. The van der Waals surface area contributed by atoms with Crippen molar-refractivity contribution in [1.29, 1.82) is 5.26 Å². The standard InChI is InChI=1S/C25H27F3N6O3/c1-4-6-16(33-23(37)25(26,27)28)22(36)34-12-15-18(24(15,2)3)20(34)21(35)32-17(9-29)14-11-30-10-13-7-5-8-31-19(13)14/h5,7-8,10-11,15-18,20H,4,6,12H2,1-3H3,(H,32,35)(H,33,37)/t15-,16?,17?,18-,20-/m0/s1. The maximum atomic E-state index is 13.6. The van der Waals surface area contributed by atoms with Gasteiger partial charge in [0.2, 0.25) is 11.8 Å². The molecule has 2 aliphatic rings. The number of aromatic nitrogens is 2. The Hall–Kier alpha value is -3.75. The van der Waals surface area contributed by atoms with E-state index in [1.54, 1.807) is 36.8 Å². The maximum absolute atomic E-state index is 13.6. The lowest BCUT2D eigenvalue weighted by molar-refractivity contribution is -0.175. The third-order valence-corrected chi connectivity index (χ3v) is 7.46. The zero-order valence-electron chi connectivity index (χ0n) is 20.5. The Kier molecular flexibility index (Phi) is 6.83. The molecule has 2 fully saturated rings. The number of carbonyl (C=O) groups is 3. The molecule has 2 unspecified atom stereocenters. The van der Waals surface area contributed by atoms with E-state index in [2.05, 4.69) is 15.3 Å². The summed E-state index contributed by atoms with van der Waals surface area (Å²) in [6.45, 7) is 5.77. The number of hydrogen-bond acceptors (Lipinski definition) is 6. The number of nitriles is 1. The second kappa shape index (κ2) is 9.61. The molecule has 1 aliphatic heterocycles. The zero-order valence-corrected chi connectivity index (χ0v) is 20.5. The van der Waals surface area contributed by atoms with Crippen molar-refractivity contribution in [3.05, 3.63) is 36.3 Å². The largest absolute Gasteiger partial charge is 0.471 e. The van der Waals surface area contributed by atoms with Crippen molar-refractivity contribution >= 4 is 28.6 Å². The highest BCUT2D eigenvalue weighted by Crippen LogP contribution is 2.65. The van der Waals surface area contributed by atoms with Crippen LogP contribution in [0.2, 0.25) is 0 Å². The molecule has 3 amide bonds. The summed E-state index contributed by atoms with van der Waals surface area (Å²) in [5.41, 5.74) is 0.614. The molecule has 1 aliphatic carbocycles. The minimum atomic E-state index is -5.14. The van der Waals surface area contributed by atoms with Gasteiger partial charge in [-0.25, -0.2) is 0 Å². The fraction of sp³-hybridized carbons (Fsp3) is 0.520. The number of pyridine rings is 2. The molecule has 1 saturated heterocycles. The van der Waals surface area contributed by atoms with Crippen LogP contribution in [0.5, 0.6) is 0 Å². The van der Waals surface area contributed by atoms with Crippen molar-refractivity contribution in [1.82, 2.24) is 25.5 Å². The second-order valence-corrected chi connectivity index (χ2v) is 10.1. The van der Waals surface area contributed by atoms with Crippen molar-refractivity contribution in [3.63, 3.8) is 0 Å². The predicted octanol–water partition coefficient (Wildman–Crippen LogP) is 2.64. The van der Waals surface area contributed by atoms with E-state index in [0.29, 0.717) is 22.9 Å². The molecule has 0 bridgehead atoms. The molecule has 3 heterocycles. The summed E-state index contributed by atoms with van der Waals surface area (Å²) in [7, 11) is 0. The first kappa shape index (κ1) is 26.3. The molecule has 0 spiro atoms. The van der Waals surface area contributed by atoms with Crippen LogP contribution in [0.25, 0.3) is 10.9 Å². The van der Waals surface area contributed by atoms with E-state index in [-0.39, 0.29) is 30.2 Å². The number of fused-ring (bicyclic) bond motifs is 2. The van der Waals surface area contributed by atoms with E-state index in [4.69, 9.17) is 0 Å². The normalized spacial score (nSPS) is 23.5. The summed E-state index contributed by atoms with van der Waals surface area (Å²) in [4.78, 5) is 48.2. The monoisotopic (exact) mass is 516 g/mol. The third-order valence-electron chi connectivity index (χ3n) is 7.46. The molecule has 1 saturated carbocycles. The Morgan fingerprint density at radius 1 is 1.27 bits per heavy atom. The molecule has 196 valence electrons. The number of rotatable bonds is 7. The summed E-state index contributed by atoms with van der Waals surface area (Å²) in [5, 5.41) is 15.0. The molecular formula is C25H27F3N6O3. The lowest BCUT2D eigenvalue weighted by atomic mass is 9.98. The van der Waals surface area contributed by atoms with Crippen molar-refractivity contribution < 1.29 is 27.6 Å². The van der Waals surface area contributed by atoms with Crippen LogP contribution in [-0.4, -0.2) is 57.4 Å². The summed E-state index contributed by atoms with van der Waals surface area (Å²) in [6, 6.07) is 2.00. The molecule has 9 nitrogen and oxygen atoms in total. The number of nitrogens with one attached hydrogen (secondary N) is 2. The van der Waals surface area contributed by atoms with Gasteiger partial charge in [0.1, 0.15) is 18.1 Å². The van der Waals surface area contributed by atoms with E-state index >= 15 is 0 Å². The third kappa shape index (κ3) is 4.82. The molecule has 2 N–H and O–H groups in total. The topological polar surface area (TPSA) is 128 Å². The van der Waals surface area contributed by atoms with Gasteiger partial charge in [0, 0.05) is 36.1 Å². The Labute approximate surface area is 211 Å². The first-order valence-electron chi connectivity index (χ1n) is 12.0. The quantitative estimate of drug-likeness (QED) is 0.582. The van der Waals surface area contributed by atoms with Crippen LogP contribution in [0.1, 0.15) is 45.2 Å². The highest BCUT2D eigenvalue weighted by Gasteiger charge is 2.69. The SMILES string of the molecule is CCCC(NC(=O)C(F)(F)F)C(=O)N1C[C@H]2[C@@H]([C@H]1C(=O)NC(C#N)c1cncc3cccnc13)C2(C)C. The summed E-state index contributed by atoms with van der Waals surface area (Å²) in [5.74, 6) is -3.81. The van der Waals surface area contributed by atoms with Gasteiger partial charge in [-0.3, -0.25) is 24.4 Å². The number of nitrogens with zero attached hydrogens (tertiary/aromatic N) is 4. The molecular weight excluding hydrogens is 489 g/mol. The molecule has 4 rings (SSSR count). The fourth-order valence-electron chi connectivity index (χ4n) is 5.44. The minimum absolute atomic E-state index is 0.0155. The number of likely N-dealkylation sites (tertiary alicyclic amines) is 1. The molecule has 2 aromatic rings. The van der Waals surface area contributed by atoms with Crippen LogP contribution in [-0.2, 0) is 14.4 Å². The molecule has 0 aromatic carbocycles. The van der Waals surface area contributed by atoms with Crippen LogP contribution in [0.15, 0.2) is 30.7 Å². The van der Waals surface area contributed by atoms with Gasteiger partial charge >= 0.3 is 12.1 Å². The first-order chi connectivity index (χ1) is 17.4. The molecule has 12 heteroatoms. The van der Waals surface area contributed by atoms with Gasteiger partial charge in [-0.15, -0.1) is 0 Å². The van der Waals surface area contributed by atoms with Gasteiger partial charge < -0.3 is 15.5 Å². The average Bonchev–Trinajstić information content (AvgIpc) is 3.18. The van der Waals surface area contributed by atoms with Gasteiger partial charge in [0.25, 0.3) is 0 Å². The van der Waals surface area contributed by atoms with Crippen molar-refractivity contribution in [2.24, 2.45) is 17.3 Å². The van der Waals surface area contributed by atoms with Gasteiger partial charge in [0.15, 0.2) is 0 Å². The van der Waals surface area contributed by atoms with Gasteiger partial charge in [-0.2, -0.15) is 18.4 Å². The van der Waals surface area contributed by atoms with Crippen molar-refractivity contribution in [2.45, 2.75) is 57.9 Å². The van der Waals surface area contributed by atoms with E-state index < -0.39 is 42.0 Å². The number of piperidine rings is 1. The van der Waals surface area contributed by atoms with Crippen LogP contribution in [0.4, 0.5) is 13.2 Å². The van der Waals surface area contributed by atoms with E-state index in [1.165, 1.54) is 11.1 Å². The Morgan fingerprint density at radius 2 is 2.00 bits per heavy atom. The number of amides is 3. The second-order valence-electron chi connectivity index (χ2n) is 10.1. The molecule has 0 radical (unpaired) electrons. The van der Waals surface area contributed by atoms with E-state index in [0.717, 1.165) is 0 Å². The highest BCUT2D eigenvalue weighted by atomic mass is 19.4. The highest BCUT2D eigenvalue weighted by molar-refractivity contribution is 5.94.